The fourth-order valence-electron chi connectivity index (χ4n) is 2.22. The van der Waals surface area contributed by atoms with Crippen molar-refractivity contribution in [3.63, 3.8) is 0 Å². The number of nitrogens with one attached hydrogen (secondary N) is 1. The third-order valence-corrected chi connectivity index (χ3v) is 3.33. The molecule has 20 heavy (non-hydrogen) atoms. The molecular weight excluding hydrogens is 248 g/mol. The van der Waals surface area contributed by atoms with Crippen LogP contribution in [-0.2, 0) is 19.5 Å². The third kappa shape index (κ3) is 4.78. The molecule has 0 amide bonds. The molecule has 1 aromatic heterocycles. The Balaban J connectivity index is 1.70. The van der Waals surface area contributed by atoms with Crippen LogP contribution in [0.15, 0.2) is 36.7 Å². The van der Waals surface area contributed by atoms with E-state index in [1.807, 2.05) is 4.68 Å². The summed E-state index contributed by atoms with van der Waals surface area (Å²) in [4.78, 5) is 4.31. The Morgan fingerprint density at radius 3 is 2.80 bits per heavy atom. The number of unbranched alkanes of at least 4 members (excludes halogenated alkanes) is 1. The van der Waals surface area contributed by atoms with Crippen LogP contribution < -0.4 is 5.32 Å². The van der Waals surface area contributed by atoms with Gasteiger partial charge < -0.3 is 5.32 Å². The summed E-state index contributed by atoms with van der Waals surface area (Å²) in [5.74, 6) is 1.04. The fraction of sp³-hybridized carbons (Fsp3) is 0.500. The van der Waals surface area contributed by atoms with Crippen LogP contribution in [0.1, 0.15) is 37.6 Å². The second-order valence-electron chi connectivity index (χ2n) is 5.02. The number of aromatic nitrogens is 3. The van der Waals surface area contributed by atoms with Crippen molar-refractivity contribution in [3.8, 4) is 0 Å². The fourth-order valence-corrected chi connectivity index (χ4v) is 2.22. The van der Waals surface area contributed by atoms with Crippen molar-refractivity contribution in [2.75, 3.05) is 6.54 Å². The molecule has 0 aliphatic carbocycles. The summed E-state index contributed by atoms with van der Waals surface area (Å²) < 4.78 is 2.02. The lowest BCUT2D eigenvalue weighted by molar-refractivity contribution is 0.516. The van der Waals surface area contributed by atoms with Crippen molar-refractivity contribution in [2.24, 2.45) is 0 Å². The number of benzene rings is 1. The highest BCUT2D eigenvalue weighted by atomic mass is 15.3. The molecule has 0 atom stereocenters. The number of hydrogen-bond donors (Lipinski definition) is 1. The Kier molecular flexibility index (Phi) is 6.24. The van der Waals surface area contributed by atoms with E-state index in [1.54, 1.807) is 6.33 Å². The molecular formula is C16H24N4. The van der Waals surface area contributed by atoms with E-state index in [0.29, 0.717) is 0 Å². The molecule has 4 nitrogen and oxygen atoms in total. The van der Waals surface area contributed by atoms with Gasteiger partial charge in [-0.2, -0.15) is 5.10 Å². The normalized spacial score (nSPS) is 10.8. The molecule has 108 valence electrons. The largest absolute Gasteiger partial charge is 0.310 e. The van der Waals surface area contributed by atoms with E-state index in [4.69, 9.17) is 0 Å². The lowest BCUT2D eigenvalue weighted by atomic mass is 10.1. The number of nitrogens with zero attached hydrogens (tertiary/aromatic N) is 3. The van der Waals surface area contributed by atoms with Crippen molar-refractivity contribution >= 4 is 0 Å². The van der Waals surface area contributed by atoms with Gasteiger partial charge in [-0.1, -0.05) is 37.3 Å². The zero-order chi connectivity index (χ0) is 14.0. The second-order valence-corrected chi connectivity index (χ2v) is 5.02. The van der Waals surface area contributed by atoms with Crippen molar-refractivity contribution < 1.29 is 0 Å². The predicted octanol–water partition coefficient (Wildman–Crippen LogP) is 2.80. The first-order valence-electron chi connectivity index (χ1n) is 7.51. The number of hydrogen-bond acceptors (Lipinski definition) is 3. The van der Waals surface area contributed by atoms with Crippen molar-refractivity contribution in [3.05, 3.63) is 48.0 Å². The maximum absolute atomic E-state index is 4.31. The quantitative estimate of drug-likeness (QED) is 0.714. The van der Waals surface area contributed by atoms with E-state index in [2.05, 4.69) is 52.7 Å². The maximum Gasteiger partial charge on any atom is 0.140 e. The Morgan fingerprint density at radius 2 is 2.00 bits per heavy atom. The summed E-state index contributed by atoms with van der Waals surface area (Å²) in [5, 5.41) is 7.68. The first-order valence-corrected chi connectivity index (χ1v) is 7.51. The van der Waals surface area contributed by atoms with Gasteiger partial charge in [-0.25, -0.2) is 9.67 Å². The standard InChI is InChI=1S/C16H24N4/c1-2-11-17-13-16-18-14-19-20(16)12-7-6-10-15-8-4-3-5-9-15/h3-5,8-9,14,17H,2,6-7,10-13H2,1H3. The Bertz CT molecular complexity index is 478. The van der Waals surface area contributed by atoms with Gasteiger partial charge >= 0.3 is 0 Å². The van der Waals surface area contributed by atoms with Crippen LogP contribution >= 0.6 is 0 Å². The smallest absolute Gasteiger partial charge is 0.140 e. The molecule has 2 rings (SSSR count). The van der Waals surface area contributed by atoms with Crippen LogP contribution in [0, 0.1) is 0 Å². The van der Waals surface area contributed by atoms with Crippen LogP contribution in [0.2, 0.25) is 0 Å². The minimum atomic E-state index is 0.812. The molecule has 2 aromatic rings. The van der Waals surface area contributed by atoms with Crippen LogP contribution in [0.3, 0.4) is 0 Å². The van der Waals surface area contributed by atoms with E-state index >= 15 is 0 Å². The summed E-state index contributed by atoms with van der Waals surface area (Å²) in [7, 11) is 0. The van der Waals surface area contributed by atoms with Crippen LogP contribution in [0.5, 0.6) is 0 Å². The second kappa shape index (κ2) is 8.48. The molecule has 1 aromatic carbocycles. The highest BCUT2D eigenvalue weighted by molar-refractivity contribution is 5.14. The first kappa shape index (κ1) is 14.7. The van der Waals surface area contributed by atoms with E-state index in [1.165, 1.54) is 12.0 Å². The van der Waals surface area contributed by atoms with Gasteiger partial charge in [0.25, 0.3) is 0 Å². The Morgan fingerprint density at radius 1 is 1.15 bits per heavy atom. The van der Waals surface area contributed by atoms with Gasteiger partial charge in [-0.3, -0.25) is 0 Å². The molecule has 0 aliphatic rings. The average molecular weight is 272 g/mol. The molecule has 0 saturated heterocycles. The van der Waals surface area contributed by atoms with Gasteiger partial charge in [-0.15, -0.1) is 0 Å². The zero-order valence-corrected chi connectivity index (χ0v) is 12.3. The molecule has 0 fully saturated rings. The lowest BCUT2D eigenvalue weighted by Gasteiger charge is -2.07. The van der Waals surface area contributed by atoms with Crippen molar-refractivity contribution in [1.82, 2.24) is 20.1 Å². The third-order valence-electron chi connectivity index (χ3n) is 3.33. The summed E-state index contributed by atoms with van der Waals surface area (Å²) in [6.45, 7) is 4.96. The van der Waals surface area contributed by atoms with Gasteiger partial charge in [-0.05, 0) is 37.8 Å². The Labute approximate surface area is 121 Å². The Hall–Kier alpha value is -1.68. The van der Waals surface area contributed by atoms with Crippen LogP contribution in [-0.4, -0.2) is 21.3 Å². The molecule has 0 bridgehead atoms. The van der Waals surface area contributed by atoms with Gasteiger partial charge in [0.15, 0.2) is 0 Å². The zero-order valence-electron chi connectivity index (χ0n) is 12.3. The minimum Gasteiger partial charge on any atom is -0.310 e. The minimum absolute atomic E-state index is 0.812. The molecule has 0 aliphatic heterocycles. The summed E-state index contributed by atoms with van der Waals surface area (Å²) in [6, 6.07) is 10.6. The lowest BCUT2D eigenvalue weighted by Crippen LogP contribution is -2.18. The van der Waals surface area contributed by atoms with Crippen LogP contribution in [0.25, 0.3) is 0 Å². The number of rotatable bonds is 9. The number of aryl methyl sites for hydroxylation is 2. The van der Waals surface area contributed by atoms with Gasteiger partial charge in [0.1, 0.15) is 12.2 Å². The molecule has 0 radical (unpaired) electrons. The van der Waals surface area contributed by atoms with E-state index in [0.717, 1.165) is 44.7 Å². The van der Waals surface area contributed by atoms with Gasteiger partial charge in [0.05, 0.1) is 6.54 Å². The molecule has 0 saturated carbocycles. The molecule has 0 unspecified atom stereocenters. The maximum atomic E-state index is 4.31. The molecule has 4 heteroatoms. The topological polar surface area (TPSA) is 42.7 Å². The highest BCUT2D eigenvalue weighted by Gasteiger charge is 2.03. The molecule has 1 heterocycles. The summed E-state index contributed by atoms with van der Waals surface area (Å²) >= 11 is 0. The van der Waals surface area contributed by atoms with E-state index in [9.17, 15) is 0 Å². The predicted molar refractivity (Wildman–Crippen MR) is 81.4 cm³/mol. The average Bonchev–Trinajstić information content (AvgIpc) is 2.93. The van der Waals surface area contributed by atoms with Crippen molar-refractivity contribution in [1.29, 1.82) is 0 Å². The molecule has 1 N–H and O–H groups in total. The van der Waals surface area contributed by atoms with Crippen molar-refractivity contribution in [2.45, 2.75) is 45.7 Å². The molecule has 0 spiro atoms. The van der Waals surface area contributed by atoms with E-state index in [-0.39, 0.29) is 0 Å². The summed E-state index contributed by atoms with van der Waals surface area (Å²) in [6.07, 6.45) is 6.26. The van der Waals surface area contributed by atoms with Crippen LogP contribution in [0.4, 0.5) is 0 Å². The van der Waals surface area contributed by atoms with Gasteiger partial charge in [0, 0.05) is 6.54 Å². The first-order chi connectivity index (χ1) is 9.90. The van der Waals surface area contributed by atoms with E-state index < -0.39 is 0 Å². The van der Waals surface area contributed by atoms with Gasteiger partial charge in [0.2, 0.25) is 0 Å². The highest BCUT2D eigenvalue weighted by Crippen LogP contribution is 2.06. The summed E-state index contributed by atoms with van der Waals surface area (Å²) in [5.41, 5.74) is 1.41. The SMILES string of the molecule is CCCNCc1ncnn1CCCCc1ccccc1. The monoisotopic (exact) mass is 272 g/mol.